The summed E-state index contributed by atoms with van der Waals surface area (Å²) in [6.45, 7) is 8.87. The molecule has 122 valence electrons. The Hall–Kier alpha value is -0.620. The van der Waals surface area contributed by atoms with E-state index in [-0.39, 0.29) is 30.2 Å². The molecule has 2 heterocycles. The van der Waals surface area contributed by atoms with Crippen molar-refractivity contribution in [1.29, 1.82) is 0 Å². The molecule has 1 amide bonds. The third kappa shape index (κ3) is 3.26. The summed E-state index contributed by atoms with van der Waals surface area (Å²) in [4.78, 5) is 14.5. The van der Waals surface area contributed by atoms with E-state index in [1.807, 2.05) is 0 Å². The van der Waals surface area contributed by atoms with Crippen LogP contribution in [0.4, 0.5) is 0 Å². The largest absolute Gasteiger partial charge is 0.377 e. The smallest absolute Gasteiger partial charge is 0.228 e. The molecule has 21 heavy (non-hydrogen) atoms. The lowest BCUT2D eigenvalue weighted by atomic mass is 9.86. The van der Waals surface area contributed by atoms with Gasteiger partial charge < -0.3 is 9.64 Å². The van der Waals surface area contributed by atoms with Crippen LogP contribution in [0.15, 0.2) is 0 Å². The first-order valence-corrected chi connectivity index (χ1v) is 9.43. The number of carbonyl (C=O) groups excluding carboxylic acids is 1. The Balaban J connectivity index is 2.13. The van der Waals surface area contributed by atoms with E-state index in [2.05, 4.69) is 13.8 Å². The minimum Gasteiger partial charge on any atom is -0.377 e. The molecule has 0 saturated carbocycles. The molecule has 6 heteroatoms. The van der Waals surface area contributed by atoms with Crippen LogP contribution in [0.1, 0.15) is 40.5 Å². The van der Waals surface area contributed by atoms with Gasteiger partial charge in [0.05, 0.1) is 22.5 Å². The molecule has 2 unspecified atom stereocenters. The fourth-order valence-corrected chi connectivity index (χ4v) is 4.66. The van der Waals surface area contributed by atoms with Gasteiger partial charge in [-0.05, 0) is 32.6 Å². The SMILES string of the molecule is CC(C)C1OCCCC1C(=O)N1CCS(=O)(=O)C(C)(C)C1. The molecule has 2 atom stereocenters. The summed E-state index contributed by atoms with van der Waals surface area (Å²) in [5.74, 6) is 0.290. The molecule has 0 aromatic heterocycles. The summed E-state index contributed by atoms with van der Waals surface area (Å²) in [5, 5.41) is 0. The average Bonchev–Trinajstić information content (AvgIpc) is 2.41. The molecule has 0 N–H and O–H groups in total. The fourth-order valence-electron chi connectivity index (χ4n) is 3.29. The predicted octanol–water partition coefficient (Wildman–Crippen LogP) is 1.47. The van der Waals surface area contributed by atoms with Gasteiger partial charge in [0.1, 0.15) is 0 Å². The molecule has 0 radical (unpaired) electrons. The lowest BCUT2D eigenvalue weighted by Crippen LogP contribution is -2.57. The first-order chi connectivity index (χ1) is 9.66. The number of amides is 1. The maximum Gasteiger partial charge on any atom is 0.228 e. The van der Waals surface area contributed by atoms with E-state index >= 15 is 0 Å². The van der Waals surface area contributed by atoms with Gasteiger partial charge in [-0.15, -0.1) is 0 Å². The highest BCUT2D eigenvalue weighted by atomic mass is 32.2. The van der Waals surface area contributed by atoms with Crippen molar-refractivity contribution >= 4 is 15.7 Å². The Morgan fingerprint density at radius 1 is 1.33 bits per heavy atom. The highest BCUT2D eigenvalue weighted by Gasteiger charge is 2.44. The number of rotatable bonds is 2. The molecule has 0 aliphatic carbocycles. The first kappa shape index (κ1) is 16.7. The molecule has 2 fully saturated rings. The maximum absolute atomic E-state index is 12.8. The van der Waals surface area contributed by atoms with E-state index in [0.717, 1.165) is 12.8 Å². The molecule has 2 rings (SSSR count). The molecule has 2 saturated heterocycles. The van der Waals surface area contributed by atoms with E-state index < -0.39 is 14.6 Å². The van der Waals surface area contributed by atoms with Crippen molar-refractivity contribution < 1.29 is 17.9 Å². The van der Waals surface area contributed by atoms with Crippen molar-refractivity contribution in [2.24, 2.45) is 11.8 Å². The quantitative estimate of drug-likeness (QED) is 0.774. The summed E-state index contributed by atoms with van der Waals surface area (Å²) in [5.41, 5.74) is 0. The Kier molecular flexibility index (Phi) is 4.69. The molecule has 2 aliphatic heterocycles. The Morgan fingerprint density at radius 3 is 2.57 bits per heavy atom. The van der Waals surface area contributed by atoms with E-state index in [1.165, 1.54) is 0 Å². The van der Waals surface area contributed by atoms with Crippen LogP contribution in [0.5, 0.6) is 0 Å². The zero-order valence-electron chi connectivity index (χ0n) is 13.5. The van der Waals surface area contributed by atoms with Gasteiger partial charge in [0.15, 0.2) is 9.84 Å². The minimum absolute atomic E-state index is 0.0482. The third-order valence-electron chi connectivity index (χ3n) is 4.70. The number of sulfone groups is 1. The molecule has 0 spiro atoms. The average molecular weight is 317 g/mol. The lowest BCUT2D eigenvalue weighted by Gasteiger charge is -2.41. The zero-order chi connectivity index (χ0) is 15.8. The third-order valence-corrected chi connectivity index (χ3v) is 7.23. The van der Waals surface area contributed by atoms with Crippen LogP contribution in [0.3, 0.4) is 0 Å². The monoisotopic (exact) mass is 317 g/mol. The maximum atomic E-state index is 12.8. The normalized spacial score (nSPS) is 32.1. The van der Waals surface area contributed by atoms with E-state index in [4.69, 9.17) is 4.74 Å². The van der Waals surface area contributed by atoms with E-state index in [0.29, 0.717) is 19.1 Å². The summed E-state index contributed by atoms with van der Waals surface area (Å²) in [7, 11) is -3.11. The van der Waals surface area contributed by atoms with Crippen LogP contribution in [0.2, 0.25) is 0 Å². The van der Waals surface area contributed by atoms with Crippen molar-refractivity contribution in [3.8, 4) is 0 Å². The van der Waals surface area contributed by atoms with Crippen molar-refractivity contribution in [2.75, 3.05) is 25.4 Å². The molecule has 0 aromatic rings. The predicted molar refractivity (Wildman–Crippen MR) is 81.7 cm³/mol. The first-order valence-electron chi connectivity index (χ1n) is 7.78. The van der Waals surface area contributed by atoms with Crippen LogP contribution in [-0.2, 0) is 19.4 Å². The Morgan fingerprint density at radius 2 is 2.00 bits per heavy atom. The number of ether oxygens (including phenoxy) is 1. The van der Waals surface area contributed by atoms with Crippen molar-refractivity contribution in [1.82, 2.24) is 4.90 Å². The van der Waals surface area contributed by atoms with Gasteiger partial charge >= 0.3 is 0 Å². The van der Waals surface area contributed by atoms with Gasteiger partial charge in [-0.2, -0.15) is 0 Å². The Labute approximate surface area is 127 Å². The lowest BCUT2D eigenvalue weighted by molar-refractivity contribution is -0.148. The van der Waals surface area contributed by atoms with Crippen molar-refractivity contribution in [3.63, 3.8) is 0 Å². The van der Waals surface area contributed by atoms with Crippen LogP contribution in [-0.4, -0.2) is 55.5 Å². The molecule has 2 aliphatic rings. The molecule has 0 bridgehead atoms. The van der Waals surface area contributed by atoms with Gasteiger partial charge in [0.25, 0.3) is 0 Å². The van der Waals surface area contributed by atoms with Crippen LogP contribution < -0.4 is 0 Å². The number of hydrogen-bond acceptors (Lipinski definition) is 4. The molecular weight excluding hydrogens is 290 g/mol. The van der Waals surface area contributed by atoms with Crippen LogP contribution in [0.25, 0.3) is 0 Å². The van der Waals surface area contributed by atoms with E-state index in [1.54, 1.807) is 18.7 Å². The summed E-state index contributed by atoms with van der Waals surface area (Å²) >= 11 is 0. The van der Waals surface area contributed by atoms with Crippen LogP contribution >= 0.6 is 0 Å². The zero-order valence-corrected chi connectivity index (χ0v) is 14.3. The van der Waals surface area contributed by atoms with Gasteiger partial charge in [-0.3, -0.25) is 4.79 Å². The summed E-state index contributed by atoms with van der Waals surface area (Å²) in [6.07, 6.45) is 1.69. The second kappa shape index (κ2) is 5.88. The summed E-state index contributed by atoms with van der Waals surface area (Å²) in [6, 6.07) is 0. The number of carbonyl (C=O) groups is 1. The molecular formula is C15H27NO4S. The molecule has 5 nitrogen and oxygen atoms in total. The van der Waals surface area contributed by atoms with Crippen molar-refractivity contribution in [3.05, 3.63) is 0 Å². The minimum atomic E-state index is -3.11. The van der Waals surface area contributed by atoms with Gasteiger partial charge in [0.2, 0.25) is 5.91 Å². The fraction of sp³-hybridized carbons (Fsp3) is 0.933. The summed E-state index contributed by atoms with van der Waals surface area (Å²) < 4.78 is 29.0. The van der Waals surface area contributed by atoms with E-state index in [9.17, 15) is 13.2 Å². The second-order valence-electron chi connectivity index (χ2n) is 7.17. The van der Waals surface area contributed by atoms with Crippen LogP contribution in [0, 0.1) is 11.8 Å². The Bertz CT molecular complexity index is 498. The second-order valence-corrected chi connectivity index (χ2v) is 9.91. The van der Waals surface area contributed by atoms with Gasteiger partial charge in [0, 0.05) is 19.7 Å². The van der Waals surface area contributed by atoms with Crippen molar-refractivity contribution in [2.45, 2.75) is 51.4 Å². The van der Waals surface area contributed by atoms with Gasteiger partial charge in [-0.25, -0.2) is 8.42 Å². The van der Waals surface area contributed by atoms with Gasteiger partial charge in [-0.1, -0.05) is 13.8 Å². The standard InChI is InChI=1S/C15H27NO4S/c1-11(2)13-12(6-5-8-20-13)14(17)16-7-9-21(18,19)15(3,4)10-16/h11-13H,5-10H2,1-4H3. The number of hydrogen-bond donors (Lipinski definition) is 0. The topological polar surface area (TPSA) is 63.7 Å². The highest BCUT2D eigenvalue weighted by molar-refractivity contribution is 7.92. The molecule has 0 aromatic carbocycles. The highest BCUT2D eigenvalue weighted by Crippen LogP contribution is 2.31. The number of nitrogens with zero attached hydrogens (tertiary/aromatic N) is 1.